The molecule has 37 nitrogen and oxygen atoms in total. The van der Waals surface area contributed by atoms with Crippen LogP contribution >= 0.6 is 7.57 Å². The molecule has 0 amide bonds. The van der Waals surface area contributed by atoms with Crippen LogP contribution < -0.4 is 4.89 Å². The van der Waals surface area contributed by atoms with E-state index in [1.54, 1.807) is 33.2 Å². The molecule has 0 bridgehead atoms. The normalized spacial score (nSPS) is 24.5. The van der Waals surface area contributed by atoms with Crippen molar-refractivity contribution in [1.29, 1.82) is 0 Å². The second-order valence-electron chi connectivity index (χ2n) is 28.7. The highest BCUT2D eigenvalue weighted by Crippen LogP contribution is 2.36. The number of carbonyl (C=O) groups is 4. The molecule has 16 unspecified atom stereocenters. The number of rotatable bonds is 73. The van der Waals surface area contributed by atoms with Gasteiger partial charge in [-0.15, -0.1) is 0 Å². The molecule has 1 aromatic rings. The SMILES string of the molecule is C=P([O-])(OC)OCCCCC.CCCCCCC(=O)CC(COCCC(=O)CCCOCCOCCOCCOC1OC(CO)C(O)C(O)C1C)(COCCC(=O)CCCOCCOCCOCCOC1OC(CO)C(O)C(O)C1C)COCCC(=O)CCCOCCOCCOCCOC1OC(CO)C(O)C(O)C1C.c1cn[nH]n1. The van der Waals surface area contributed by atoms with E-state index in [-0.39, 0.29) is 147 Å². The highest BCUT2D eigenvalue weighted by Gasteiger charge is 2.45. The summed E-state index contributed by atoms with van der Waals surface area (Å²) < 4.78 is 112. The lowest BCUT2D eigenvalue weighted by Gasteiger charge is -2.40. The molecule has 1 aromatic heterocycles. The van der Waals surface area contributed by atoms with E-state index >= 15 is 0 Å². The molecule has 10 N–H and O–H groups in total. The third-order valence-corrected chi connectivity index (χ3v) is 20.0. The van der Waals surface area contributed by atoms with Crippen molar-refractivity contribution >= 4 is 37.0 Å². The molecule has 682 valence electrons. The van der Waals surface area contributed by atoms with Crippen molar-refractivity contribution in [2.45, 2.75) is 224 Å². The fraction of sp³-hybridized carbons (Fsp3) is 0.910. The number of aliphatic hydroxyl groups excluding tert-OH is 9. The summed E-state index contributed by atoms with van der Waals surface area (Å²) in [4.78, 5) is 63.6. The van der Waals surface area contributed by atoms with Crippen molar-refractivity contribution in [2.75, 3.05) is 212 Å². The number of aromatic nitrogens is 3. The molecule has 38 heteroatoms. The van der Waals surface area contributed by atoms with E-state index in [9.17, 15) is 70.0 Å². The number of ketones is 4. The molecule has 0 aliphatic carbocycles. The van der Waals surface area contributed by atoms with Gasteiger partial charge in [0.1, 0.15) is 59.8 Å². The number of hydrogen-bond donors (Lipinski definition) is 10. The molecule has 0 spiro atoms. The molecule has 3 aliphatic heterocycles. The number of carbonyl (C=O) groups excluding carboxylic acids is 4. The number of Topliss-reactive ketones (excluding diaryl/α,β-unsaturated/α-hetero) is 4. The Morgan fingerprint density at radius 2 is 0.681 bits per heavy atom. The third-order valence-electron chi connectivity index (χ3n) is 18.9. The summed E-state index contributed by atoms with van der Waals surface area (Å²) in [5.74, 6) is -1.54. The Labute approximate surface area is 685 Å². The quantitative estimate of drug-likeness (QED) is 0.0328. The standard InChI is InChI=1S/C69H126O31.C7H16O3P.C2H3N3/c1-5-6-7-8-12-56(76)43-69(47-92-22-16-53(73)13-9-19-83-25-28-86-31-34-89-37-40-95-66-50(2)60(77)63(80)57(44-70)98-66,48-93-23-17-54(74)14-10-20-84-26-29-87-32-35-90-38-41-96-67-51(3)61(78)64(81)58(45-71)99-67)49-94-24-18-55(75)15-11-21-85-27-30-88-33-36-91-39-42-97-68-52(4)62(79)65(82)59(46-72)100-68;1-4-5-6-7-10-11(3,8)9-2;1-2-4-5-3-1/h50-52,57-68,70-72,77-82H,5-49H2,1-4H3;3-7H2,1-2H3;1-2H,(H,3,4,5)/q;-1;. The van der Waals surface area contributed by atoms with Crippen LogP contribution in [0.3, 0.4) is 0 Å². The molecule has 116 heavy (non-hydrogen) atoms. The van der Waals surface area contributed by atoms with Crippen LogP contribution in [0.25, 0.3) is 0 Å². The minimum atomic E-state index is -2.96. The molecule has 3 saturated heterocycles. The van der Waals surface area contributed by atoms with Crippen molar-refractivity contribution in [3.05, 3.63) is 12.4 Å². The Kier molecular flexibility index (Phi) is 66.1. The van der Waals surface area contributed by atoms with Crippen molar-refractivity contribution in [1.82, 2.24) is 15.4 Å². The molecule has 0 saturated carbocycles. The van der Waals surface area contributed by atoms with Crippen molar-refractivity contribution in [2.24, 2.45) is 23.2 Å². The largest absolute Gasteiger partial charge is 0.789 e. The van der Waals surface area contributed by atoms with Gasteiger partial charge in [-0.2, -0.15) is 15.4 Å². The lowest BCUT2D eigenvalue weighted by molar-refractivity contribution is -0.284. The van der Waals surface area contributed by atoms with Crippen LogP contribution in [0.1, 0.15) is 150 Å². The number of aromatic amines is 1. The topological polar surface area (TPSA) is 500 Å². The monoisotopic (exact) mass is 1700 g/mol. The first-order valence-corrected chi connectivity index (χ1v) is 42.9. The summed E-state index contributed by atoms with van der Waals surface area (Å²) in [7, 11) is -1.62. The van der Waals surface area contributed by atoms with Gasteiger partial charge in [-0.25, -0.2) is 0 Å². The first-order chi connectivity index (χ1) is 56.0. The van der Waals surface area contributed by atoms with Gasteiger partial charge >= 0.3 is 0 Å². The van der Waals surface area contributed by atoms with Gasteiger partial charge < -0.3 is 145 Å². The minimum absolute atomic E-state index is 0.00768. The highest BCUT2D eigenvalue weighted by molar-refractivity contribution is 7.57. The summed E-state index contributed by atoms with van der Waals surface area (Å²) in [6, 6.07) is 0. The van der Waals surface area contributed by atoms with E-state index in [4.69, 9.17) is 89.8 Å². The van der Waals surface area contributed by atoms with E-state index in [0.29, 0.717) is 131 Å². The summed E-state index contributed by atoms with van der Waals surface area (Å²) in [5, 5.41) is 98.2. The second-order valence-corrected chi connectivity index (χ2v) is 30.5. The van der Waals surface area contributed by atoms with E-state index < -0.39 is 124 Å². The van der Waals surface area contributed by atoms with Crippen LogP contribution in [0.4, 0.5) is 0 Å². The van der Waals surface area contributed by atoms with E-state index in [2.05, 4.69) is 40.1 Å². The van der Waals surface area contributed by atoms with Crippen LogP contribution in [0.5, 0.6) is 0 Å². The zero-order valence-electron chi connectivity index (χ0n) is 69.7. The lowest BCUT2D eigenvalue weighted by Crippen LogP contribution is -2.55. The molecule has 3 fully saturated rings. The van der Waals surface area contributed by atoms with Crippen LogP contribution in [0.15, 0.2) is 12.4 Å². The first kappa shape index (κ1) is 109. The zero-order valence-corrected chi connectivity index (χ0v) is 70.6. The van der Waals surface area contributed by atoms with E-state index in [1.807, 2.05) is 0 Å². The van der Waals surface area contributed by atoms with Crippen molar-refractivity contribution < 1.29 is 164 Å². The number of ether oxygens (including phenoxy) is 18. The van der Waals surface area contributed by atoms with Crippen LogP contribution in [-0.4, -0.2) is 377 Å². The van der Waals surface area contributed by atoms with Gasteiger partial charge in [-0.05, 0) is 32.1 Å². The van der Waals surface area contributed by atoms with Gasteiger partial charge in [-0.3, -0.25) is 19.2 Å². The number of hydrogen-bond acceptors (Lipinski definition) is 36. The highest BCUT2D eigenvalue weighted by atomic mass is 31.2. The maximum Gasteiger partial charge on any atom is 0.163 e. The Hall–Kier alpha value is -3.08. The predicted molar refractivity (Wildman–Crippen MR) is 419 cm³/mol. The average molecular weight is 1700 g/mol. The van der Waals surface area contributed by atoms with Crippen LogP contribution in [0.2, 0.25) is 0 Å². The lowest BCUT2D eigenvalue weighted by atomic mass is 9.84. The summed E-state index contributed by atoms with van der Waals surface area (Å²) in [6.45, 7) is 14.8. The fourth-order valence-electron chi connectivity index (χ4n) is 11.7. The van der Waals surface area contributed by atoms with Crippen LogP contribution in [0, 0.1) is 23.2 Å². The van der Waals surface area contributed by atoms with Crippen LogP contribution in [-0.2, 0) is 113 Å². The summed E-state index contributed by atoms with van der Waals surface area (Å²) >= 11 is 0. The van der Waals surface area contributed by atoms with Gasteiger partial charge in [0.25, 0.3) is 0 Å². The summed E-state index contributed by atoms with van der Waals surface area (Å²) in [5.41, 5.74) is -0.983. The van der Waals surface area contributed by atoms with Gasteiger partial charge in [-0.1, -0.05) is 73.0 Å². The maximum atomic E-state index is 13.7. The molecular formula is C78H145N3O34P-. The number of nitrogens with one attached hydrogen (secondary N) is 1. The van der Waals surface area contributed by atoms with E-state index in [1.165, 1.54) is 7.11 Å². The zero-order chi connectivity index (χ0) is 85.3. The maximum absolute atomic E-state index is 13.7. The minimum Gasteiger partial charge on any atom is -0.789 e. The molecule has 4 rings (SSSR count). The Balaban J connectivity index is 0.00000254. The van der Waals surface area contributed by atoms with E-state index in [0.717, 1.165) is 44.9 Å². The molecule has 16 atom stereocenters. The first-order valence-electron chi connectivity index (χ1n) is 41.2. The average Bonchev–Trinajstić information content (AvgIpc) is 0.853. The molecular weight excluding hydrogens is 1550 g/mol. The fourth-order valence-corrected chi connectivity index (χ4v) is 12.3. The number of nitrogens with zero attached hydrogens (tertiary/aromatic N) is 2. The second kappa shape index (κ2) is 70.3. The molecule has 0 radical (unpaired) electrons. The Morgan fingerprint density at radius 3 is 0.966 bits per heavy atom. The Bertz CT molecular complexity index is 2330. The van der Waals surface area contributed by atoms with Gasteiger partial charge in [0.15, 0.2) is 18.9 Å². The van der Waals surface area contributed by atoms with Gasteiger partial charge in [0.05, 0.1) is 216 Å². The molecule has 3 aliphatic rings. The number of unbranched alkanes of at least 4 members (excludes halogenated alkanes) is 5. The molecule has 0 aromatic carbocycles. The van der Waals surface area contributed by atoms with Gasteiger partial charge in [0, 0.05) is 109 Å². The molecule has 4 heterocycles. The number of aliphatic hydroxyl groups is 9. The van der Waals surface area contributed by atoms with Crippen molar-refractivity contribution in [3.63, 3.8) is 0 Å². The van der Waals surface area contributed by atoms with Gasteiger partial charge in [0.2, 0.25) is 0 Å². The van der Waals surface area contributed by atoms with Crippen molar-refractivity contribution in [3.8, 4) is 0 Å². The predicted octanol–water partition coefficient (Wildman–Crippen LogP) is 1.79. The smallest absolute Gasteiger partial charge is 0.163 e. The number of H-pyrrole nitrogens is 1. The Morgan fingerprint density at radius 1 is 0.388 bits per heavy atom. The summed E-state index contributed by atoms with van der Waals surface area (Å²) in [6.07, 6.45) is 4.29. The third kappa shape index (κ3) is 51.8.